The van der Waals surface area contributed by atoms with E-state index in [0.29, 0.717) is 10.6 Å². The molecule has 1 atom stereocenters. The van der Waals surface area contributed by atoms with Crippen molar-refractivity contribution in [2.24, 2.45) is 5.92 Å². The van der Waals surface area contributed by atoms with E-state index in [1.165, 1.54) is 23.4 Å². The Morgan fingerprint density at radius 3 is 2.76 bits per heavy atom. The van der Waals surface area contributed by atoms with Crippen LogP contribution in [0.15, 0.2) is 30.9 Å². The van der Waals surface area contributed by atoms with Crippen LogP contribution in [0.2, 0.25) is 10.0 Å². The molecular formula is C14H13Cl2N3O2. The number of ketones is 1. The molecule has 21 heavy (non-hydrogen) atoms. The lowest BCUT2D eigenvalue weighted by Crippen LogP contribution is -2.41. The average Bonchev–Trinajstić information content (AvgIpc) is 3.16. The summed E-state index contributed by atoms with van der Waals surface area (Å²) in [7, 11) is 0. The monoisotopic (exact) mass is 325 g/mol. The minimum Gasteiger partial charge on any atom is -0.375 e. The van der Waals surface area contributed by atoms with Gasteiger partial charge in [0.15, 0.2) is 11.4 Å². The van der Waals surface area contributed by atoms with Crippen LogP contribution in [0.5, 0.6) is 0 Å². The Morgan fingerprint density at radius 2 is 2.19 bits per heavy atom. The number of aliphatic hydroxyl groups is 1. The number of carbonyl (C=O) groups is 1. The second-order valence-electron chi connectivity index (χ2n) is 5.22. The molecule has 1 heterocycles. The first-order valence-electron chi connectivity index (χ1n) is 6.55. The number of hydrogen-bond acceptors (Lipinski definition) is 4. The number of halogens is 2. The van der Waals surface area contributed by atoms with Crippen LogP contribution in [0.1, 0.15) is 18.4 Å². The number of carbonyl (C=O) groups excluding carboxylic acids is 1. The standard InChI is InChI=1S/C14H13Cl2N3O2/c15-10-3-4-11(12(16)5-10)14(21,13(20)9-1-2-9)6-19-8-17-7-18-19/h3-5,7-9,21H,1-2,6H2. The molecule has 0 spiro atoms. The van der Waals surface area contributed by atoms with Crippen molar-refractivity contribution in [3.8, 4) is 0 Å². The van der Waals surface area contributed by atoms with Crippen molar-refractivity contribution in [1.82, 2.24) is 14.8 Å². The highest BCUT2D eigenvalue weighted by atomic mass is 35.5. The van der Waals surface area contributed by atoms with E-state index in [9.17, 15) is 9.90 Å². The Morgan fingerprint density at radius 1 is 1.43 bits per heavy atom. The second-order valence-corrected chi connectivity index (χ2v) is 6.06. The summed E-state index contributed by atoms with van der Waals surface area (Å²) in [5.41, 5.74) is -1.38. The normalized spacial score (nSPS) is 17.5. The SMILES string of the molecule is O=C(C1CC1)C(O)(Cn1cncn1)c1ccc(Cl)cc1Cl. The zero-order valence-corrected chi connectivity index (χ0v) is 12.6. The molecule has 0 amide bonds. The predicted octanol–water partition coefficient (Wildman–Crippen LogP) is 2.45. The smallest absolute Gasteiger partial charge is 0.173 e. The Bertz CT molecular complexity index is 671. The van der Waals surface area contributed by atoms with E-state index in [1.807, 2.05) is 0 Å². The zero-order chi connectivity index (χ0) is 15.0. The van der Waals surface area contributed by atoms with Crippen molar-refractivity contribution in [2.75, 3.05) is 0 Å². The summed E-state index contributed by atoms with van der Waals surface area (Å²) in [6.07, 6.45) is 4.40. The molecule has 1 fully saturated rings. The average molecular weight is 326 g/mol. The third-order valence-corrected chi connectivity index (χ3v) is 4.14. The lowest BCUT2D eigenvalue weighted by Gasteiger charge is -2.28. The molecule has 110 valence electrons. The van der Waals surface area contributed by atoms with Gasteiger partial charge < -0.3 is 5.11 Å². The van der Waals surface area contributed by atoms with E-state index < -0.39 is 5.60 Å². The van der Waals surface area contributed by atoms with Crippen molar-refractivity contribution in [3.05, 3.63) is 46.5 Å². The van der Waals surface area contributed by atoms with E-state index in [1.54, 1.807) is 12.1 Å². The number of nitrogens with zero attached hydrogens (tertiary/aromatic N) is 3. The van der Waals surface area contributed by atoms with Gasteiger partial charge in [-0.25, -0.2) is 9.67 Å². The Balaban J connectivity index is 2.04. The second kappa shape index (κ2) is 5.40. The third-order valence-electron chi connectivity index (χ3n) is 3.59. The van der Waals surface area contributed by atoms with Crippen LogP contribution >= 0.6 is 23.2 Å². The van der Waals surface area contributed by atoms with Gasteiger partial charge in [-0.2, -0.15) is 5.10 Å². The first-order valence-corrected chi connectivity index (χ1v) is 7.31. The minimum absolute atomic E-state index is 0.0241. The molecule has 1 unspecified atom stereocenters. The van der Waals surface area contributed by atoms with Gasteiger partial charge in [0, 0.05) is 21.5 Å². The molecule has 0 aliphatic heterocycles. The summed E-state index contributed by atoms with van der Waals surface area (Å²) in [6, 6.07) is 4.71. The minimum atomic E-state index is -1.73. The van der Waals surface area contributed by atoms with Gasteiger partial charge in [0.1, 0.15) is 12.7 Å². The first kappa shape index (κ1) is 14.5. The molecule has 1 N–H and O–H groups in total. The number of aromatic nitrogens is 3. The molecule has 1 aromatic heterocycles. The highest BCUT2D eigenvalue weighted by Crippen LogP contribution is 2.41. The zero-order valence-electron chi connectivity index (χ0n) is 11.0. The predicted molar refractivity (Wildman–Crippen MR) is 78.1 cm³/mol. The van der Waals surface area contributed by atoms with Crippen LogP contribution in [0.25, 0.3) is 0 Å². The van der Waals surface area contributed by atoms with Crippen molar-refractivity contribution >= 4 is 29.0 Å². The molecule has 1 saturated carbocycles. The molecular weight excluding hydrogens is 313 g/mol. The van der Waals surface area contributed by atoms with Crippen molar-refractivity contribution in [2.45, 2.75) is 25.0 Å². The highest BCUT2D eigenvalue weighted by molar-refractivity contribution is 6.35. The molecule has 7 heteroatoms. The lowest BCUT2D eigenvalue weighted by atomic mass is 9.87. The molecule has 5 nitrogen and oxygen atoms in total. The van der Waals surface area contributed by atoms with E-state index >= 15 is 0 Å². The van der Waals surface area contributed by atoms with Crippen LogP contribution in [0, 0.1) is 5.92 Å². The van der Waals surface area contributed by atoms with Gasteiger partial charge in [-0.3, -0.25) is 4.79 Å². The van der Waals surface area contributed by atoms with E-state index in [-0.39, 0.29) is 23.3 Å². The summed E-state index contributed by atoms with van der Waals surface area (Å²) in [4.78, 5) is 16.4. The fourth-order valence-corrected chi connectivity index (χ4v) is 2.92. The van der Waals surface area contributed by atoms with Gasteiger partial charge in [-0.15, -0.1) is 0 Å². The maximum Gasteiger partial charge on any atom is 0.173 e. The summed E-state index contributed by atoms with van der Waals surface area (Å²) in [6.45, 7) is -0.0241. The molecule has 2 aromatic rings. The largest absolute Gasteiger partial charge is 0.375 e. The number of benzene rings is 1. The Hall–Kier alpha value is -1.43. The van der Waals surface area contributed by atoms with Gasteiger partial charge in [-0.05, 0) is 25.0 Å². The molecule has 0 bridgehead atoms. The molecule has 1 aromatic carbocycles. The fourth-order valence-electron chi connectivity index (χ4n) is 2.35. The third kappa shape index (κ3) is 2.81. The molecule has 0 saturated heterocycles. The first-order chi connectivity index (χ1) is 10.0. The van der Waals surface area contributed by atoms with Gasteiger partial charge in [0.05, 0.1) is 6.54 Å². The molecule has 3 rings (SSSR count). The van der Waals surface area contributed by atoms with Crippen LogP contribution < -0.4 is 0 Å². The van der Waals surface area contributed by atoms with E-state index in [4.69, 9.17) is 23.2 Å². The molecule has 1 aliphatic rings. The molecule has 0 radical (unpaired) electrons. The van der Waals surface area contributed by atoms with Gasteiger partial charge in [0.2, 0.25) is 0 Å². The van der Waals surface area contributed by atoms with Gasteiger partial charge in [-0.1, -0.05) is 29.3 Å². The Kier molecular flexibility index (Phi) is 3.73. The van der Waals surface area contributed by atoms with Crippen LogP contribution in [0.4, 0.5) is 0 Å². The summed E-state index contributed by atoms with van der Waals surface area (Å²) in [5, 5.41) is 15.7. The summed E-state index contributed by atoms with van der Waals surface area (Å²) >= 11 is 12.1. The highest BCUT2D eigenvalue weighted by Gasteiger charge is 2.47. The van der Waals surface area contributed by atoms with Crippen LogP contribution in [-0.2, 0) is 16.9 Å². The summed E-state index contributed by atoms with van der Waals surface area (Å²) < 4.78 is 1.42. The van der Waals surface area contributed by atoms with Crippen LogP contribution in [0.3, 0.4) is 0 Å². The van der Waals surface area contributed by atoms with Gasteiger partial charge >= 0.3 is 0 Å². The maximum absolute atomic E-state index is 12.6. The topological polar surface area (TPSA) is 68.0 Å². The lowest BCUT2D eigenvalue weighted by molar-refractivity contribution is -0.141. The van der Waals surface area contributed by atoms with Crippen molar-refractivity contribution in [1.29, 1.82) is 0 Å². The number of Topliss-reactive ketones (excluding diaryl/α,β-unsaturated/α-hetero) is 1. The van der Waals surface area contributed by atoms with Crippen molar-refractivity contribution < 1.29 is 9.90 Å². The number of rotatable bonds is 5. The maximum atomic E-state index is 12.6. The van der Waals surface area contributed by atoms with Crippen molar-refractivity contribution in [3.63, 3.8) is 0 Å². The van der Waals surface area contributed by atoms with Gasteiger partial charge in [0.25, 0.3) is 0 Å². The van der Waals surface area contributed by atoms with Crippen LogP contribution in [-0.4, -0.2) is 25.7 Å². The molecule has 1 aliphatic carbocycles. The number of hydrogen-bond donors (Lipinski definition) is 1. The summed E-state index contributed by atoms with van der Waals surface area (Å²) in [5.74, 6) is -0.354. The fraction of sp³-hybridized carbons (Fsp3) is 0.357. The van der Waals surface area contributed by atoms with E-state index in [0.717, 1.165) is 12.8 Å². The van der Waals surface area contributed by atoms with E-state index in [2.05, 4.69) is 10.1 Å². The Labute approximate surface area is 131 Å². The quantitative estimate of drug-likeness (QED) is 0.916.